The van der Waals surface area contributed by atoms with Crippen LogP contribution in [0.4, 0.5) is 0 Å². The molecule has 0 atom stereocenters. The second-order valence-electron chi connectivity index (χ2n) is 10.1. The molecule has 0 aliphatic carbocycles. The Labute approximate surface area is 189 Å². The van der Waals surface area contributed by atoms with Gasteiger partial charge in [0.15, 0.2) is 0 Å². The molecule has 160 valence electrons. The van der Waals surface area contributed by atoms with Crippen molar-refractivity contribution in [1.82, 2.24) is 4.98 Å². The fourth-order valence-corrected chi connectivity index (χ4v) is 5.30. The fraction of sp³-hybridized carbons (Fsp3) is 0.321. The summed E-state index contributed by atoms with van der Waals surface area (Å²) >= 11 is 1.79. The molecule has 1 aromatic heterocycles. The van der Waals surface area contributed by atoms with Crippen LogP contribution in [0.2, 0.25) is 0 Å². The molecule has 0 bridgehead atoms. The van der Waals surface area contributed by atoms with Crippen LogP contribution in [0.3, 0.4) is 0 Å². The number of aromatic nitrogens is 1. The van der Waals surface area contributed by atoms with E-state index in [9.17, 15) is 0 Å². The highest BCUT2D eigenvalue weighted by molar-refractivity contribution is 7.22. The molecule has 0 radical (unpaired) electrons. The maximum Gasteiger partial charge on any atom is 0.124 e. The van der Waals surface area contributed by atoms with Gasteiger partial charge in [0.2, 0.25) is 0 Å². The zero-order valence-corrected chi connectivity index (χ0v) is 20.4. The highest BCUT2D eigenvalue weighted by atomic mass is 32.1. The van der Waals surface area contributed by atoms with Gasteiger partial charge in [-0.1, -0.05) is 84.0 Å². The number of fused-ring (bicyclic) bond motifs is 1. The Morgan fingerprint density at radius 2 is 1.42 bits per heavy atom. The molecule has 0 aliphatic heterocycles. The number of thiazole rings is 1. The van der Waals surface area contributed by atoms with Crippen molar-refractivity contribution < 1.29 is 4.74 Å². The first-order chi connectivity index (χ1) is 14.6. The normalized spacial score (nSPS) is 12.4. The Kier molecular flexibility index (Phi) is 5.43. The topological polar surface area (TPSA) is 22.1 Å². The van der Waals surface area contributed by atoms with Crippen LogP contribution in [0.5, 0.6) is 5.75 Å². The molecular formula is C28H31NOS. The summed E-state index contributed by atoms with van der Waals surface area (Å²) < 4.78 is 6.67. The summed E-state index contributed by atoms with van der Waals surface area (Å²) in [5, 5.41) is 1.07. The molecule has 2 nitrogen and oxygen atoms in total. The summed E-state index contributed by atoms with van der Waals surface area (Å²) in [5.41, 5.74) is 7.52. The molecule has 0 aliphatic rings. The van der Waals surface area contributed by atoms with E-state index in [-0.39, 0.29) is 10.8 Å². The largest absolute Gasteiger partial charge is 0.497 e. The molecule has 3 heteroatoms. The minimum absolute atomic E-state index is 0.00848. The molecule has 0 N–H and O–H groups in total. The highest BCUT2D eigenvalue weighted by Gasteiger charge is 2.31. The van der Waals surface area contributed by atoms with Gasteiger partial charge in [-0.2, -0.15) is 0 Å². The molecule has 0 unspecified atom stereocenters. The number of ether oxygens (including phenoxy) is 1. The monoisotopic (exact) mass is 429 g/mol. The number of hydrogen-bond acceptors (Lipinski definition) is 3. The molecule has 4 rings (SSSR count). The lowest BCUT2D eigenvalue weighted by Crippen LogP contribution is -2.23. The van der Waals surface area contributed by atoms with Crippen LogP contribution in [0.25, 0.3) is 31.9 Å². The summed E-state index contributed by atoms with van der Waals surface area (Å²) in [6.45, 7) is 13.8. The predicted octanol–water partition coefficient (Wildman–Crippen LogP) is 8.23. The van der Waals surface area contributed by atoms with E-state index in [1.807, 2.05) is 0 Å². The number of methoxy groups -OCH3 is 1. The third kappa shape index (κ3) is 4.12. The summed E-state index contributed by atoms with van der Waals surface area (Å²) in [6, 6.07) is 21.3. The van der Waals surface area contributed by atoms with Crippen molar-refractivity contribution in [2.45, 2.75) is 52.4 Å². The maximum atomic E-state index is 5.42. The van der Waals surface area contributed by atoms with Crippen LogP contribution in [0.1, 0.15) is 52.7 Å². The van der Waals surface area contributed by atoms with Crippen molar-refractivity contribution in [3.63, 3.8) is 0 Å². The van der Waals surface area contributed by atoms with Crippen LogP contribution in [0.15, 0.2) is 60.7 Å². The van der Waals surface area contributed by atoms with Crippen molar-refractivity contribution in [1.29, 1.82) is 0 Å². The van der Waals surface area contributed by atoms with Gasteiger partial charge in [-0.15, -0.1) is 11.3 Å². The van der Waals surface area contributed by atoms with Gasteiger partial charge in [0.05, 0.1) is 17.3 Å². The van der Waals surface area contributed by atoms with E-state index < -0.39 is 0 Å². The van der Waals surface area contributed by atoms with E-state index in [0.717, 1.165) is 16.3 Å². The number of benzene rings is 3. The quantitative estimate of drug-likeness (QED) is 0.327. The maximum absolute atomic E-state index is 5.42. The van der Waals surface area contributed by atoms with Gasteiger partial charge in [0, 0.05) is 11.1 Å². The van der Waals surface area contributed by atoms with Crippen molar-refractivity contribution in [3.05, 3.63) is 71.8 Å². The predicted molar refractivity (Wildman–Crippen MR) is 134 cm³/mol. The Morgan fingerprint density at radius 1 is 0.774 bits per heavy atom. The standard InChI is InChI=1S/C28H31NOS/c1-27(2,3)21-17-22-25(31-26(29-22)19-11-9-8-10-12-19)23(24(21)28(4,5)6)18-13-15-20(30-7)16-14-18/h8-17H,1-7H3. The van der Waals surface area contributed by atoms with Crippen molar-refractivity contribution in [2.75, 3.05) is 7.11 Å². The number of rotatable bonds is 3. The van der Waals surface area contributed by atoms with Crippen LogP contribution in [0, 0.1) is 0 Å². The third-order valence-electron chi connectivity index (χ3n) is 5.64. The Bertz CT molecular complexity index is 1210. The Hall–Kier alpha value is -2.65. The van der Waals surface area contributed by atoms with Crippen molar-refractivity contribution in [2.24, 2.45) is 0 Å². The summed E-state index contributed by atoms with van der Waals surface area (Å²) in [5.74, 6) is 0.874. The minimum Gasteiger partial charge on any atom is -0.497 e. The SMILES string of the molecule is COc1ccc(-c2c(C(C)(C)C)c(C(C)(C)C)cc3nc(-c4ccccc4)sc23)cc1. The van der Waals surface area contributed by atoms with E-state index >= 15 is 0 Å². The lowest BCUT2D eigenvalue weighted by molar-refractivity contribution is 0.415. The van der Waals surface area contributed by atoms with E-state index in [1.54, 1.807) is 18.4 Å². The first kappa shape index (κ1) is 21.6. The zero-order valence-electron chi connectivity index (χ0n) is 19.5. The van der Waals surface area contributed by atoms with Gasteiger partial charge < -0.3 is 4.74 Å². The fourth-order valence-electron chi connectivity index (χ4n) is 4.17. The van der Waals surface area contributed by atoms with Crippen LogP contribution in [-0.4, -0.2) is 12.1 Å². The molecule has 1 heterocycles. The molecule has 0 spiro atoms. The summed E-state index contributed by atoms with van der Waals surface area (Å²) in [6.07, 6.45) is 0. The highest BCUT2D eigenvalue weighted by Crippen LogP contribution is 2.47. The molecule has 0 saturated heterocycles. The van der Waals surface area contributed by atoms with Crippen LogP contribution >= 0.6 is 11.3 Å². The molecule has 31 heavy (non-hydrogen) atoms. The number of nitrogens with zero attached hydrogens (tertiary/aromatic N) is 1. The smallest absolute Gasteiger partial charge is 0.124 e. The summed E-state index contributed by atoms with van der Waals surface area (Å²) in [4.78, 5) is 5.09. The molecule has 0 saturated carbocycles. The lowest BCUT2D eigenvalue weighted by atomic mass is 9.72. The molecular weight excluding hydrogens is 398 g/mol. The van der Waals surface area contributed by atoms with Gasteiger partial charge in [-0.25, -0.2) is 4.98 Å². The molecule has 3 aromatic carbocycles. The zero-order chi connectivity index (χ0) is 22.4. The lowest BCUT2D eigenvalue weighted by Gasteiger charge is -2.33. The minimum atomic E-state index is -0.0109. The Balaban J connectivity index is 2.12. The molecule has 4 aromatic rings. The first-order valence-corrected chi connectivity index (χ1v) is 11.6. The van der Waals surface area contributed by atoms with E-state index in [0.29, 0.717) is 0 Å². The van der Waals surface area contributed by atoms with E-state index in [4.69, 9.17) is 9.72 Å². The van der Waals surface area contributed by atoms with E-state index in [1.165, 1.54) is 32.5 Å². The van der Waals surface area contributed by atoms with Gasteiger partial charge >= 0.3 is 0 Å². The number of hydrogen-bond donors (Lipinski definition) is 0. The van der Waals surface area contributed by atoms with Gasteiger partial charge in [0.1, 0.15) is 10.8 Å². The Morgan fingerprint density at radius 3 is 1.97 bits per heavy atom. The first-order valence-electron chi connectivity index (χ1n) is 10.8. The van der Waals surface area contributed by atoms with Crippen LogP contribution in [-0.2, 0) is 10.8 Å². The average Bonchev–Trinajstić information content (AvgIpc) is 3.16. The van der Waals surface area contributed by atoms with Crippen molar-refractivity contribution in [3.8, 4) is 27.4 Å². The average molecular weight is 430 g/mol. The second-order valence-corrected chi connectivity index (χ2v) is 11.1. The van der Waals surface area contributed by atoms with Gasteiger partial charge in [-0.05, 0) is 45.7 Å². The summed E-state index contributed by atoms with van der Waals surface area (Å²) in [7, 11) is 1.71. The second kappa shape index (κ2) is 7.80. The molecule has 0 fully saturated rings. The van der Waals surface area contributed by atoms with Gasteiger partial charge in [0.25, 0.3) is 0 Å². The van der Waals surface area contributed by atoms with E-state index in [2.05, 4.69) is 102 Å². The molecule has 0 amide bonds. The van der Waals surface area contributed by atoms with Gasteiger partial charge in [-0.3, -0.25) is 0 Å². The van der Waals surface area contributed by atoms with Crippen molar-refractivity contribution >= 4 is 21.6 Å². The third-order valence-corrected chi connectivity index (χ3v) is 6.78. The van der Waals surface area contributed by atoms with Crippen LogP contribution < -0.4 is 4.74 Å².